The molecule has 2 N–H and O–H groups in total. The third-order valence-corrected chi connectivity index (χ3v) is 2.96. The first-order chi connectivity index (χ1) is 8.33. The molecule has 5 heteroatoms. The molecule has 0 aromatic rings. The lowest BCUT2D eigenvalue weighted by Gasteiger charge is -2.16. The average Bonchev–Trinajstić information content (AvgIpc) is 2.57. The summed E-state index contributed by atoms with van der Waals surface area (Å²) in [6, 6.07) is 0.200. The van der Waals surface area contributed by atoms with Gasteiger partial charge in [0.1, 0.15) is 6.73 Å². The van der Waals surface area contributed by atoms with Crippen molar-refractivity contribution in [1.82, 2.24) is 10.6 Å². The summed E-state index contributed by atoms with van der Waals surface area (Å²) in [4.78, 5) is 11.5. The molecular weight excluding hydrogens is 220 g/mol. The van der Waals surface area contributed by atoms with Gasteiger partial charge in [0.05, 0.1) is 13.2 Å². The second-order valence-electron chi connectivity index (χ2n) is 4.38. The van der Waals surface area contributed by atoms with E-state index in [2.05, 4.69) is 10.6 Å². The number of rotatable bonds is 6. The highest BCUT2D eigenvalue weighted by molar-refractivity contribution is 5.73. The van der Waals surface area contributed by atoms with Crippen molar-refractivity contribution in [2.75, 3.05) is 27.1 Å². The number of carbonyl (C=O) groups excluding carboxylic acids is 1. The van der Waals surface area contributed by atoms with Gasteiger partial charge in [-0.25, -0.2) is 4.79 Å². The summed E-state index contributed by atoms with van der Waals surface area (Å²) in [7, 11) is 1.62. The molecule has 1 aliphatic carbocycles. The maximum Gasteiger partial charge on any atom is 0.316 e. The molecule has 1 aliphatic rings. The van der Waals surface area contributed by atoms with Crippen molar-refractivity contribution >= 4 is 6.03 Å². The molecule has 0 saturated heterocycles. The molecule has 1 saturated carbocycles. The number of carbonyl (C=O) groups is 1. The third kappa shape index (κ3) is 7.18. The topological polar surface area (TPSA) is 59.6 Å². The number of urea groups is 1. The van der Waals surface area contributed by atoms with Gasteiger partial charge in [-0.05, 0) is 12.8 Å². The van der Waals surface area contributed by atoms with Crippen molar-refractivity contribution in [3.05, 3.63) is 0 Å². The van der Waals surface area contributed by atoms with E-state index in [-0.39, 0.29) is 12.8 Å². The standard InChI is InChI=1S/C12H24N2O3/c1-16-8-9-17-10-13-12(15)14-11-6-4-2-3-5-7-11/h11H,2-10H2,1H3,(H2,13,14,15). The van der Waals surface area contributed by atoms with Crippen LogP contribution in [0.25, 0.3) is 0 Å². The Morgan fingerprint density at radius 1 is 1.18 bits per heavy atom. The van der Waals surface area contributed by atoms with Crippen LogP contribution >= 0.6 is 0 Å². The van der Waals surface area contributed by atoms with E-state index in [1.165, 1.54) is 25.7 Å². The van der Waals surface area contributed by atoms with E-state index >= 15 is 0 Å². The van der Waals surface area contributed by atoms with Gasteiger partial charge in [0.2, 0.25) is 0 Å². The molecule has 0 aliphatic heterocycles. The fourth-order valence-electron chi connectivity index (χ4n) is 1.99. The highest BCUT2D eigenvalue weighted by Gasteiger charge is 2.13. The Bertz CT molecular complexity index is 204. The van der Waals surface area contributed by atoms with Crippen molar-refractivity contribution < 1.29 is 14.3 Å². The van der Waals surface area contributed by atoms with Crippen LogP contribution in [0.1, 0.15) is 38.5 Å². The van der Waals surface area contributed by atoms with Gasteiger partial charge >= 0.3 is 6.03 Å². The van der Waals surface area contributed by atoms with Crippen LogP contribution in [0, 0.1) is 0 Å². The van der Waals surface area contributed by atoms with Crippen LogP contribution in [0.2, 0.25) is 0 Å². The van der Waals surface area contributed by atoms with E-state index < -0.39 is 0 Å². The zero-order chi connectivity index (χ0) is 12.3. The van der Waals surface area contributed by atoms with Gasteiger partial charge in [-0.2, -0.15) is 0 Å². The average molecular weight is 244 g/mol. The van der Waals surface area contributed by atoms with Crippen LogP contribution in [0.3, 0.4) is 0 Å². The van der Waals surface area contributed by atoms with Crippen molar-refractivity contribution in [3.8, 4) is 0 Å². The Labute approximate surface area is 103 Å². The SMILES string of the molecule is COCCOCNC(=O)NC1CCCCCC1. The van der Waals surface area contributed by atoms with Crippen LogP contribution in [-0.2, 0) is 9.47 Å². The molecule has 0 aromatic carbocycles. The Kier molecular flexibility index (Phi) is 7.75. The summed E-state index contributed by atoms with van der Waals surface area (Å²) in [6.45, 7) is 1.29. The molecule has 2 amide bonds. The first kappa shape index (κ1) is 14.3. The van der Waals surface area contributed by atoms with E-state index in [0.717, 1.165) is 12.8 Å². The number of hydrogen-bond donors (Lipinski definition) is 2. The number of ether oxygens (including phenoxy) is 2. The quantitative estimate of drug-likeness (QED) is 0.424. The van der Waals surface area contributed by atoms with E-state index in [0.29, 0.717) is 19.3 Å². The number of methoxy groups -OCH3 is 1. The molecule has 0 unspecified atom stereocenters. The van der Waals surface area contributed by atoms with Crippen LogP contribution in [0.4, 0.5) is 4.79 Å². The maximum absolute atomic E-state index is 11.5. The van der Waals surface area contributed by atoms with Crippen LogP contribution in [-0.4, -0.2) is 39.1 Å². The predicted octanol–water partition coefficient (Wildman–Crippen LogP) is 1.63. The lowest BCUT2D eigenvalue weighted by atomic mass is 10.1. The van der Waals surface area contributed by atoms with Gasteiger partial charge in [-0.15, -0.1) is 0 Å². The number of nitrogens with one attached hydrogen (secondary N) is 2. The normalized spacial score (nSPS) is 17.5. The van der Waals surface area contributed by atoms with Crippen LogP contribution < -0.4 is 10.6 Å². The van der Waals surface area contributed by atoms with Gasteiger partial charge in [0.15, 0.2) is 0 Å². The van der Waals surface area contributed by atoms with E-state index in [1.54, 1.807) is 7.11 Å². The minimum absolute atomic E-state index is 0.130. The Balaban J connectivity index is 2.03. The monoisotopic (exact) mass is 244 g/mol. The van der Waals surface area contributed by atoms with E-state index in [1.807, 2.05) is 0 Å². The minimum atomic E-state index is -0.130. The lowest BCUT2D eigenvalue weighted by Crippen LogP contribution is -2.42. The van der Waals surface area contributed by atoms with Gasteiger partial charge < -0.3 is 20.1 Å². The van der Waals surface area contributed by atoms with Crippen molar-refractivity contribution in [1.29, 1.82) is 0 Å². The second-order valence-corrected chi connectivity index (χ2v) is 4.38. The molecule has 0 radical (unpaired) electrons. The zero-order valence-corrected chi connectivity index (χ0v) is 10.7. The fourth-order valence-corrected chi connectivity index (χ4v) is 1.99. The number of amides is 2. The molecule has 0 atom stereocenters. The summed E-state index contributed by atoms with van der Waals surface area (Å²) in [5.41, 5.74) is 0. The van der Waals surface area contributed by atoms with Crippen molar-refractivity contribution in [2.45, 2.75) is 44.6 Å². The summed E-state index contributed by atoms with van der Waals surface area (Å²) < 4.78 is 9.99. The van der Waals surface area contributed by atoms with Crippen LogP contribution in [0.5, 0.6) is 0 Å². The maximum atomic E-state index is 11.5. The predicted molar refractivity (Wildman–Crippen MR) is 65.9 cm³/mol. The Morgan fingerprint density at radius 3 is 2.53 bits per heavy atom. The molecule has 100 valence electrons. The van der Waals surface area contributed by atoms with E-state index in [9.17, 15) is 4.79 Å². The molecule has 0 heterocycles. The molecule has 17 heavy (non-hydrogen) atoms. The summed E-state index contributed by atoms with van der Waals surface area (Å²) >= 11 is 0. The molecule has 0 aromatic heterocycles. The largest absolute Gasteiger partial charge is 0.382 e. The summed E-state index contributed by atoms with van der Waals surface area (Å²) in [5, 5.41) is 5.67. The van der Waals surface area contributed by atoms with Crippen molar-refractivity contribution in [2.24, 2.45) is 0 Å². The van der Waals surface area contributed by atoms with E-state index in [4.69, 9.17) is 9.47 Å². The molecule has 0 bridgehead atoms. The molecular formula is C12H24N2O3. The Hall–Kier alpha value is -0.810. The zero-order valence-electron chi connectivity index (χ0n) is 10.7. The summed E-state index contributed by atoms with van der Waals surface area (Å²) in [5.74, 6) is 0. The minimum Gasteiger partial charge on any atom is -0.382 e. The lowest BCUT2D eigenvalue weighted by molar-refractivity contribution is 0.0640. The molecule has 0 spiro atoms. The van der Waals surface area contributed by atoms with Crippen LogP contribution in [0.15, 0.2) is 0 Å². The molecule has 1 rings (SSSR count). The number of hydrogen-bond acceptors (Lipinski definition) is 3. The second kappa shape index (κ2) is 9.24. The van der Waals surface area contributed by atoms with Crippen molar-refractivity contribution in [3.63, 3.8) is 0 Å². The highest BCUT2D eigenvalue weighted by Crippen LogP contribution is 2.16. The van der Waals surface area contributed by atoms with Gasteiger partial charge in [0.25, 0.3) is 0 Å². The van der Waals surface area contributed by atoms with Gasteiger partial charge in [0, 0.05) is 13.2 Å². The first-order valence-corrected chi connectivity index (χ1v) is 6.44. The molecule has 5 nitrogen and oxygen atoms in total. The van der Waals surface area contributed by atoms with Gasteiger partial charge in [-0.3, -0.25) is 0 Å². The Morgan fingerprint density at radius 2 is 1.88 bits per heavy atom. The third-order valence-electron chi connectivity index (χ3n) is 2.96. The molecule has 1 fully saturated rings. The van der Waals surface area contributed by atoms with Gasteiger partial charge in [-0.1, -0.05) is 25.7 Å². The smallest absolute Gasteiger partial charge is 0.316 e. The first-order valence-electron chi connectivity index (χ1n) is 6.44. The highest BCUT2D eigenvalue weighted by atomic mass is 16.5. The summed E-state index contributed by atoms with van der Waals surface area (Å²) in [6.07, 6.45) is 7.21. The fraction of sp³-hybridized carbons (Fsp3) is 0.917.